The van der Waals surface area contributed by atoms with Crippen LogP contribution in [0.25, 0.3) is 0 Å². The van der Waals surface area contributed by atoms with Crippen LogP contribution in [0.3, 0.4) is 0 Å². The molecule has 0 bridgehead atoms. The van der Waals surface area contributed by atoms with E-state index in [9.17, 15) is 4.79 Å². The van der Waals surface area contributed by atoms with Crippen LogP contribution in [0.5, 0.6) is 0 Å². The van der Waals surface area contributed by atoms with Gasteiger partial charge < -0.3 is 5.32 Å². The van der Waals surface area contributed by atoms with Crippen LogP contribution in [0.4, 0.5) is 0 Å². The van der Waals surface area contributed by atoms with Crippen molar-refractivity contribution in [3.8, 4) is 0 Å². The molecule has 1 atom stereocenters. The molecule has 1 aliphatic heterocycles. The second-order valence-corrected chi connectivity index (χ2v) is 8.42. The number of carbonyl (C=O) groups is 1. The number of rotatable bonds is 3. The molecule has 0 aromatic carbocycles. The number of hydrogen-bond donors (Lipinski definition) is 1. The predicted octanol–water partition coefficient (Wildman–Crippen LogP) is 3.73. The van der Waals surface area contributed by atoms with Crippen molar-refractivity contribution in [3.63, 3.8) is 0 Å². The first-order valence-electron chi connectivity index (χ1n) is 9.62. The molecule has 1 heterocycles. The van der Waals surface area contributed by atoms with E-state index in [-0.39, 0.29) is 11.9 Å². The number of nitrogens with zero attached hydrogens (tertiary/aromatic N) is 1. The Kier molecular flexibility index (Phi) is 5.11. The molecule has 2 saturated carbocycles. The van der Waals surface area contributed by atoms with E-state index in [1.165, 1.54) is 64.2 Å². The number of amides is 1. The van der Waals surface area contributed by atoms with E-state index >= 15 is 0 Å². The Morgan fingerprint density at radius 2 is 1.77 bits per heavy atom. The van der Waals surface area contributed by atoms with E-state index in [0.717, 1.165) is 19.0 Å². The highest BCUT2D eigenvalue weighted by Gasteiger charge is 2.41. The minimum Gasteiger partial charge on any atom is -0.352 e. The summed E-state index contributed by atoms with van der Waals surface area (Å²) in [4.78, 5) is 15.0. The summed E-state index contributed by atoms with van der Waals surface area (Å²) >= 11 is 0. The van der Waals surface area contributed by atoms with Crippen molar-refractivity contribution in [2.45, 2.75) is 90.1 Å². The zero-order valence-corrected chi connectivity index (χ0v) is 14.6. The summed E-state index contributed by atoms with van der Waals surface area (Å²) in [5.41, 5.74) is 0.549. The van der Waals surface area contributed by atoms with Gasteiger partial charge in [0, 0.05) is 12.6 Å². The molecule has 1 unspecified atom stereocenters. The van der Waals surface area contributed by atoms with E-state index in [2.05, 4.69) is 24.1 Å². The number of nitrogens with one attached hydrogen (secondary N) is 1. The molecule has 3 heteroatoms. The van der Waals surface area contributed by atoms with Crippen molar-refractivity contribution in [1.82, 2.24) is 10.2 Å². The van der Waals surface area contributed by atoms with Gasteiger partial charge in [-0.1, -0.05) is 26.2 Å². The number of carbonyl (C=O) groups excluding carboxylic acids is 1. The quantitative estimate of drug-likeness (QED) is 0.862. The summed E-state index contributed by atoms with van der Waals surface area (Å²) in [6.07, 6.45) is 13.2. The summed E-state index contributed by atoms with van der Waals surface area (Å²) < 4.78 is 0. The van der Waals surface area contributed by atoms with Crippen LogP contribution >= 0.6 is 0 Å². The SMILES string of the molecule is CC1CCC(NC(=O)C(C)N2CCC3(CCCCC3)C2)CC1. The molecule has 3 fully saturated rings. The minimum absolute atomic E-state index is 0.0562. The molecule has 22 heavy (non-hydrogen) atoms. The summed E-state index contributed by atoms with van der Waals surface area (Å²) in [5, 5.41) is 3.33. The highest BCUT2D eigenvalue weighted by molar-refractivity contribution is 5.81. The van der Waals surface area contributed by atoms with Crippen molar-refractivity contribution < 1.29 is 4.79 Å². The molecule has 0 radical (unpaired) electrons. The van der Waals surface area contributed by atoms with Gasteiger partial charge in [-0.2, -0.15) is 0 Å². The maximum absolute atomic E-state index is 12.6. The summed E-state index contributed by atoms with van der Waals surface area (Å²) in [6, 6.07) is 0.484. The van der Waals surface area contributed by atoms with Crippen molar-refractivity contribution in [1.29, 1.82) is 0 Å². The van der Waals surface area contributed by atoms with Gasteiger partial charge in [-0.3, -0.25) is 9.69 Å². The molecular weight excluding hydrogens is 272 g/mol. The second-order valence-electron chi connectivity index (χ2n) is 8.42. The fourth-order valence-electron chi connectivity index (χ4n) is 4.90. The molecule has 0 aromatic rings. The lowest BCUT2D eigenvalue weighted by Crippen LogP contribution is -2.48. The smallest absolute Gasteiger partial charge is 0.237 e. The molecular formula is C19H34N2O. The first-order valence-corrected chi connectivity index (χ1v) is 9.62. The van der Waals surface area contributed by atoms with Gasteiger partial charge in [0.15, 0.2) is 0 Å². The lowest BCUT2D eigenvalue weighted by atomic mass is 9.73. The molecule has 1 saturated heterocycles. The zero-order chi connectivity index (χ0) is 15.6. The van der Waals surface area contributed by atoms with Crippen molar-refractivity contribution >= 4 is 5.91 Å². The van der Waals surface area contributed by atoms with Gasteiger partial charge in [0.1, 0.15) is 0 Å². The molecule has 3 aliphatic rings. The zero-order valence-electron chi connectivity index (χ0n) is 14.6. The second kappa shape index (κ2) is 6.90. The molecule has 1 amide bonds. The Balaban J connectivity index is 1.48. The summed E-state index contributed by atoms with van der Waals surface area (Å²) in [6.45, 7) is 6.72. The molecule has 0 aromatic heterocycles. The van der Waals surface area contributed by atoms with E-state index in [0.29, 0.717) is 11.5 Å². The average Bonchev–Trinajstić information content (AvgIpc) is 2.93. The third-order valence-electron chi connectivity index (χ3n) is 6.67. The van der Waals surface area contributed by atoms with Crippen LogP contribution in [-0.2, 0) is 4.79 Å². The van der Waals surface area contributed by atoms with Gasteiger partial charge in [0.25, 0.3) is 0 Å². The Bertz CT molecular complexity index is 381. The van der Waals surface area contributed by atoms with E-state index < -0.39 is 0 Å². The van der Waals surface area contributed by atoms with E-state index in [1.54, 1.807) is 0 Å². The van der Waals surface area contributed by atoms with E-state index in [1.807, 2.05) is 0 Å². The minimum atomic E-state index is 0.0562. The summed E-state index contributed by atoms with van der Waals surface area (Å²) in [5.74, 6) is 1.11. The van der Waals surface area contributed by atoms with Crippen molar-refractivity contribution in [2.24, 2.45) is 11.3 Å². The van der Waals surface area contributed by atoms with Crippen LogP contribution < -0.4 is 5.32 Å². The Labute approximate surface area is 136 Å². The Hall–Kier alpha value is -0.570. The first kappa shape index (κ1) is 16.3. The largest absolute Gasteiger partial charge is 0.352 e. The molecule has 3 rings (SSSR count). The van der Waals surface area contributed by atoms with Gasteiger partial charge in [0.05, 0.1) is 6.04 Å². The van der Waals surface area contributed by atoms with Crippen LogP contribution in [0.2, 0.25) is 0 Å². The average molecular weight is 306 g/mol. The molecule has 2 aliphatic carbocycles. The number of likely N-dealkylation sites (tertiary alicyclic amines) is 1. The van der Waals surface area contributed by atoms with Crippen LogP contribution in [-0.4, -0.2) is 36.0 Å². The topological polar surface area (TPSA) is 32.3 Å². The van der Waals surface area contributed by atoms with Gasteiger partial charge in [-0.15, -0.1) is 0 Å². The maximum atomic E-state index is 12.6. The fraction of sp³-hybridized carbons (Fsp3) is 0.947. The van der Waals surface area contributed by atoms with Crippen LogP contribution in [0.1, 0.15) is 78.1 Å². The highest BCUT2D eigenvalue weighted by atomic mass is 16.2. The lowest BCUT2D eigenvalue weighted by Gasteiger charge is -2.35. The standard InChI is InChI=1S/C19H34N2O/c1-15-6-8-17(9-7-15)20-18(22)16(2)21-13-12-19(14-21)10-4-3-5-11-19/h15-17H,3-14H2,1-2H3,(H,20,22). The van der Waals surface area contributed by atoms with E-state index in [4.69, 9.17) is 0 Å². The lowest BCUT2D eigenvalue weighted by molar-refractivity contribution is -0.126. The summed E-state index contributed by atoms with van der Waals surface area (Å²) in [7, 11) is 0. The van der Waals surface area contributed by atoms with Crippen molar-refractivity contribution in [2.75, 3.05) is 13.1 Å². The third kappa shape index (κ3) is 3.67. The molecule has 126 valence electrons. The fourth-order valence-corrected chi connectivity index (χ4v) is 4.90. The van der Waals surface area contributed by atoms with Gasteiger partial charge in [-0.05, 0) is 69.7 Å². The van der Waals surface area contributed by atoms with Gasteiger partial charge >= 0.3 is 0 Å². The third-order valence-corrected chi connectivity index (χ3v) is 6.67. The maximum Gasteiger partial charge on any atom is 0.237 e. The van der Waals surface area contributed by atoms with Crippen molar-refractivity contribution in [3.05, 3.63) is 0 Å². The molecule has 3 nitrogen and oxygen atoms in total. The number of hydrogen-bond acceptors (Lipinski definition) is 2. The predicted molar refractivity (Wildman–Crippen MR) is 90.7 cm³/mol. The first-order chi connectivity index (χ1) is 10.6. The highest BCUT2D eigenvalue weighted by Crippen LogP contribution is 2.44. The molecule has 1 N–H and O–H groups in total. The van der Waals surface area contributed by atoms with Crippen LogP contribution in [0.15, 0.2) is 0 Å². The van der Waals surface area contributed by atoms with Gasteiger partial charge in [0.2, 0.25) is 5.91 Å². The normalized spacial score (nSPS) is 33.7. The Morgan fingerprint density at radius 3 is 2.45 bits per heavy atom. The van der Waals surface area contributed by atoms with Gasteiger partial charge in [-0.25, -0.2) is 0 Å². The molecule has 1 spiro atoms. The Morgan fingerprint density at radius 1 is 1.09 bits per heavy atom. The van der Waals surface area contributed by atoms with Crippen LogP contribution in [0, 0.1) is 11.3 Å². The monoisotopic (exact) mass is 306 g/mol.